The van der Waals surface area contributed by atoms with E-state index in [-0.39, 0.29) is 16.9 Å². The van der Waals surface area contributed by atoms with Gasteiger partial charge in [0, 0.05) is 5.02 Å². The molecule has 2 amide bonds. The third-order valence-electron chi connectivity index (χ3n) is 4.17. The average Bonchev–Trinajstić information content (AvgIpc) is 3.04. The first kappa shape index (κ1) is 22.3. The molecule has 0 bridgehead atoms. The van der Waals surface area contributed by atoms with Crippen LogP contribution in [0.4, 0.5) is 20.6 Å². The zero-order valence-corrected chi connectivity index (χ0v) is 18.2. The zero-order valence-electron chi connectivity index (χ0n) is 17.5. The first-order chi connectivity index (χ1) is 14.5. The van der Waals surface area contributed by atoms with Gasteiger partial charge in [-0.1, -0.05) is 17.7 Å². The molecule has 162 valence electrons. The molecule has 0 saturated heterocycles. The normalized spacial score (nSPS) is 11.2. The predicted molar refractivity (Wildman–Crippen MR) is 118 cm³/mol. The van der Waals surface area contributed by atoms with E-state index < -0.39 is 23.4 Å². The van der Waals surface area contributed by atoms with E-state index in [1.807, 2.05) is 6.07 Å². The molecule has 9 heteroatoms. The fourth-order valence-electron chi connectivity index (χ4n) is 2.83. The van der Waals surface area contributed by atoms with Crippen molar-refractivity contribution in [1.82, 2.24) is 9.78 Å². The molecule has 0 atom stereocenters. The van der Waals surface area contributed by atoms with Crippen LogP contribution in [-0.4, -0.2) is 27.4 Å². The van der Waals surface area contributed by atoms with Gasteiger partial charge in [0.2, 0.25) is 0 Å². The molecule has 0 aliphatic rings. The van der Waals surface area contributed by atoms with Crippen LogP contribution < -0.4 is 10.6 Å². The topological polar surface area (TPSA) is 85.2 Å². The number of ether oxygens (including phenoxy) is 1. The predicted octanol–water partition coefficient (Wildman–Crippen LogP) is 5.57. The minimum absolute atomic E-state index is 0.0887. The van der Waals surface area contributed by atoms with Gasteiger partial charge in [-0.25, -0.2) is 13.9 Å². The maximum atomic E-state index is 13.8. The van der Waals surface area contributed by atoms with Crippen LogP contribution >= 0.6 is 11.6 Å². The summed E-state index contributed by atoms with van der Waals surface area (Å²) in [4.78, 5) is 25.0. The lowest BCUT2D eigenvalue weighted by atomic mass is 10.2. The molecule has 0 aliphatic carbocycles. The third kappa shape index (κ3) is 5.61. The number of nitrogens with one attached hydrogen (secondary N) is 2. The second-order valence-corrected chi connectivity index (χ2v) is 8.24. The Morgan fingerprint density at radius 3 is 2.52 bits per heavy atom. The fraction of sp³-hybridized carbons (Fsp3) is 0.227. The van der Waals surface area contributed by atoms with Crippen molar-refractivity contribution in [3.05, 3.63) is 70.8 Å². The summed E-state index contributed by atoms with van der Waals surface area (Å²) in [6.07, 6.45) is 0.686. The molecule has 3 aromatic rings. The quantitative estimate of drug-likeness (QED) is 0.550. The molecule has 0 fully saturated rings. The number of nitrogens with zero attached hydrogens (tertiary/aromatic N) is 2. The van der Waals surface area contributed by atoms with Gasteiger partial charge in [0.1, 0.15) is 11.4 Å². The smallest absolute Gasteiger partial charge is 0.412 e. The van der Waals surface area contributed by atoms with Gasteiger partial charge in [-0.3, -0.25) is 10.1 Å². The summed E-state index contributed by atoms with van der Waals surface area (Å²) in [5, 5.41) is 9.94. The van der Waals surface area contributed by atoms with Crippen molar-refractivity contribution in [2.75, 3.05) is 10.6 Å². The number of carbonyl (C=O) groups excluding carboxylic acids is 2. The third-order valence-corrected chi connectivity index (χ3v) is 4.41. The van der Waals surface area contributed by atoms with Gasteiger partial charge in [0.05, 0.1) is 34.5 Å². The van der Waals surface area contributed by atoms with E-state index in [1.165, 1.54) is 18.3 Å². The number of carbonyl (C=O) groups is 2. The van der Waals surface area contributed by atoms with Gasteiger partial charge >= 0.3 is 6.09 Å². The van der Waals surface area contributed by atoms with Crippen molar-refractivity contribution in [2.24, 2.45) is 0 Å². The second kappa shape index (κ2) is 8.77. The zero-order chi connectivity index (χ0) is 22.8. The molecule has 0 aliphatic heterocycles. The molecular formula is C22H22ClFN4O3. The van der Waals surface area contributed by atoms with Crippen LogP contribution in [-0.2, 0) is 4.74 Å². The van der Waals surface area contributed by atoms with Crippen molar-refractivity contribution < 1.29 is 18.7 Å². The Labute approximate surface area is 184 Å². The van der Waals surface area contributed by atoms with E-state index in [9.17, 15) is 14.0 Å². The van der Waals surface area contributed by atoms with Crippen molar-refractivity contribution in [2.45, 2.75) is 33.3 Å². The lowest BCUT2D eigenvalue weighted by molar-refractivity contribution is 0.0635. The maximum absolute atomic E-state index is 13.8. The Bertz CT molecular complexity index is 1140. The lowest BCUT2D eigenvalue weighted by Crippen LogP contribution is -2.27. The Morgan fingerprint density at radius 1 is 1.10 bits per heavy atom. The van der Waals surface area contributed by atoms with Crippen LogP contribution in [0.3, 0.4) is 0 Å². The van der Waals surface area contributed by atoms with Crippen LogP contribution in [0.25, 0.3) is 5.69 Å². The molecule has 0 radical (unpaired) electrons. The highest BCUT2D eigenvalue weighted by atomic mass is 35.5. The number of hydrogen-bond donors (Lipinski definition) is 2. The minimum Gasteiger partial charge on any atom is -0.444 e. The van der Waals surface area contributed by atoms with Crippen molar-refractivity contribution in [3.63, 3.8) is 0 Å². The maximum Gasteiger partial charge on any atom is 0.412 e. The molecule has 7 nitrogen and oxygen atoms in total. The molecule has 0 saturated carbocycles. The number of anilines is 2. The highest BCUT2D eigenvalue weighted by molar-refractivity contribution is 6.30. The summed E-state index contributed by atoms with van der Waals surface area (Å²) in [6.45, 7) is 6.90. The standard InChI is InChI=1S/C22H22ClFN4O3/c1-13-17(12-25-28(13)16-7-5-6-14(23)10-16)20(29)26-19-11-15(24)8-9-18(19)27-21(30)31-22(2,3)4/h5-12H,1-4H3,(H,26,29)(H,27,30). The van der Waals surface area contributed by atoms with E-state index in [0.29, 0.717) is 16.4 Å². The Morgan fingerprint density at radius 2 is 1.84 bits per heavy atom. The number of rotatable bonds is 4. The highest BCUT2D eigenvalue weighted by Gasteiger charge is 2.20. The van der Waals surface area contributed by atoms with Gasteiger partial charge < -0.3 is 10.1 Å². The van der Waals surface area contributed by atoms with Gasteiger partial charge in [0.15, 0.2) is 0 Å². The van der Waals surface area contributed by atoms with Crippen LogP contribution in [0, 0.1) is 12.7 Å². The van der Waals surface area contributed by atoms with E-state index in [4.69, 9.17) is 16.3 Å². The summed E-state index contributed by atoms with van der Waals surface area (Å²) in [5.74, 6) is -1.08. The Kier molecular flexibility index (Phi) is 6.31. The van der Waals surface area contributed by atoms with Crippen LogP contribution in [0.2, 0.25) is 5.02 Å². The van der Waals surface area contributed by atoms with Crippen molar-refractivity contribution >= 4 is 35.0 Å². The number of amides is 2. The molecule has 2 aromatic carbocycles. The summed E-state index contributed by atoms with van der Waals surface area (Å²) in [5.41, 5.74) is 1.13. The largest absolute Gasteiger partial charge is 0.444 e. The molecule has 0 spiro atoms. The lowest BCUT2D eigenvalue weighted by Gasteiger charge is -2.20. The first-order valence-corrected chi connectivity index (χ1v) is 9.83. The van der Waals surface area contributed by atoms with Crippen LogP contribution in [0.15, 0.2) is 48.7 Å². The first-order valence-electron chi connectivity index (χ1n) is 9.45. The molecule has 2 N–H and O–H groups in total. The summed E-state index contributed by atoms with van der Waals surface area (Å²) >= 11 is 6.04. The van der Waals surface area contributed by atoms with Crippen molar-refractivity contribution in [3.8, 4) is 5.69 Å². The molecule has 1 heterocycles. The molecule has 1 aromatic heterocycles. The molecule has 0 unspecified atom stereocenters. The van der Waals surface area contributed by atoms with Gasteiger partial charge in [-0.15, -0.1) is 0 Å². The second-order valence-electron chi connectivity index (χ2n) is 7.81. The highest BCUT2D eigenvalue weighted by Crippen LogP contribution is 2.25. The van der Waals surface area contributed by atoms with E-state index >= 15 is 0 Å². The monoisotopic (exact) mass is 444 g/mol. The average molecular weight is 445 g/mol. The Hall–Kier alpha value is -3.39. The molecular weight excluding hydrogens is 423 g/mol. The van der Waals surface area contributed by atoms with Gasteiger partial charge in [-0.2, -0.15) is 5.10 Å². The number of aromatic nitrogens is 2. The number of hydrogen-bond acceptors (Lipinski definition) is 4. The van der Waals surface area contributed by atoms with E-state index in [0.717, 1.165) is 6.07 Å². The summed E-state index contributed by atoms with van der Waals surface area (Å²) in [7, 11) is 0. The fourth-order valence-corrected chi connectivity index (χ4v) is 3.02. The van der Waals surface area contributed by atoms with Crippen LogP contribution in [0.1, 0.15) is 36.8 Å². The summed E-state index contributed by atoms with van der Waals surface area (Å²) in [6, 6.07) is 10.7. The van der Waals surface area contributed by atoms with Crippen molar-refractivity contribution in [1.29, 1.82) is 0 Å². The molecule has 31 heavy (non-hydrogen) atoms. The van der Waals surface area contributed by atoms with Gasteiger partial charge in [0.25, 0.3) is 5.91 Å². The minimum atomic E-state index is -0.723. The van der Waals surface area contributed by atoms with E-state index in [1.54, 1.807) is 50.6 Å². The van der Waals surface area contributed by atoms with Gasteiger partial charge in [-0.05, 0) is 64.1 Å². The number of benzene rings is 2. The van der Waals surface area contributed by atoms with Crippen LogP contribution in [0.5, 0.6) is 0 Å². The number of halogens is 2. The SMILES string of the molecule is Cc1c(C(=O)Nc2cc(F)ccc2NC(=O)OC(C)(C)C)cnn1-c1cccc(Cl)c1. The molecule has 3 rings (SSSR count). The van der Waals surface area contributed by atoms with E-state index in [2.05, 4.69) is 15.7 Å². The Balaban J connectivity index is 1.84. The summed E-state index contributed by atoms with van der Waals surface area (Å²) < 4.78 is 20.6.